The van der Waals surface area contributed by atoms with E-state index in [4.69, 9.17) is 5.73 Å². The summed E-state index contributed by atoms with van der Waals surface area (Å²) in [6.07, 6.45) is 0. The van der Waals surface area contributed by atoms with Crippen molar-refractivity contribution in [2.45, 2.75) is 33.9 Å². The Hall–Kier alpha value is -0.610. The molecule has 0 aliphatic rings. The van der Waals surface area contributed by atoms with Crippen LogP contribution in [0, 0.1) is 12.8 Å². The van der Waals surface area contributed by atoms with Crippen molar-refractivity contribution in [2.75, 3.05) is 0 Å². The van der Waals surface area contributed by atoms with Crippen LogP contribution in [-0.4, -0.2) is 4.57 Å². The second kappa shape index (κ2) is 4.07. The van der Waals surface area contributed by atoms with Crippen molar-refractivity contribution in [3.05, 3.63) is 20.2 Å². The van der Waals surface area contributed by atoms with Gasteiger partial charge in [-0.05, 0) is 12.8 Å². The fourth-order valence-corrected chi connectivity index (χ4v) is 2.16. The van der Waals surface area contributed by atoms with Crippen LogP contribution in [0.15, 0.2) is 4.79 Å². The highest BCUT2D eigenvalue weighted by Crippen LogP contribution is 2.11. The molecule has 13 heavy (non-hydrogen) atoms. The van der Waals surface area contributed by atoms with Crippen molar-refractivity contribution >= 4 is 11.3 Å². The highest BCUT2D eigenvalue weighted by molar-refractivity contribution is 7.09. The Kier molecular flexibility index (Phi) is 3.27. The normalized spacial score (nSPS) is 11.2. The van der Waals surface area contributed by atoms with Gasteiger partial charge in [0, 0.05) is 23.7 Å². The van der Waals surface area contributed by atoms with Gasteiger partial charge in [0.25, 0.3) is 0 Å². The molecule has 0 aromatic carbocycles. The fraction of sp³-hybridized carbons (Fsp3) is 0.667. The molecular weight excluding hydrogens is 184 g/mol. The molecule has 0 fully saturated rings. The van der Waals surface area contributed by atoms with Crippen LogP contribution in [-0.2, 0) is 13.1 Å². The van der Waals surface area contributed by atoms with E-state index >= 15 is 0 Å². The van der Waals surface area contributed by atoms with Crippen LogP contribution in [0.3, 0.4) is 0 Å². The largest absolute Gasteiger partial charge is 0.326 e. The molecule has 1 aromatic rings. The Bertz CT molecular complexity index is 338. The predicted octanol–water partition coefficient (Wildman–Crippen LogP) is 1.33. The van der Waals surface area contributed by atoms with Gasteiger partial charge < -0.3 is 10.3 Å². The van der Waals surface area contributed by atoms with Gasteiger partial charge in [-0.3, -0.25) is 4.79 Å². The predicted molar refractivity (Wildman–Crippen MR) is 56.0 cm³/mol. The first-order valence-corrected chi connectivity index (χ1v) is 5.27. The molecule has 2 N–H and O–H groups in total. The van der Waals surface area contributed by atoms with Crippen LogP contribution in [0.1, 0.15) is 24.4 Å². The molecule has 0 aliphatic heterocycles. The van der Waals surface area contributed by atoms with Gasteiger partial charge >= 0.3 is 4.87 Å². The summed E-state index contributed by atoms with van der Waals surface area (Å²) in [5, 5.41) is 0. The van der Waals surface area contributed by atoms with E-state index in [-0.39, 0.29) is 4.87 Å². The summed E-state index contributed by atoms with van der Waals surface area (Å²) in [4.78, 5) is 12.6. The van der Waals surface area contributed by atoms with Gasteiger partial charge in [0.05, 0.1) is 0 Å². The zero-order valence-corrected chi connectivity index (χ0v) is 9.15. The Labute approximate surface area is 82.2 Å². The smallest absolute Gasteiger partial charge is 0.307 e. The molecule has 1 heterocycles. The van der Waals surface area contributed by atoms with E-state index < -0.39 is 0 Å². The average Bonchev–Trinajstić information content (AvgIpc) is 2.31. The Morgan fingerprint density at radius 1 is 1.54 bits per heavy atom. The first-order chi connectivity index (χ1) is 6.06. The zero-order chi connectivity index (χ0) is 10.0. The molecule has 3 nitrogen and oxygen atoms in total. The molecule has 0 spiro atoms. The zero-order valence-electron chi connectivity index (χ0n) is 8.33. The van der Waals surface area contributed by atoms with Crippen molar-refractivity contribution in [1.82, 2.24) is 4.57 Å². The quantitative estimate of drug-likeness (QED) is 0.800. The van der Waals surface area contributed by atoms with Gasteiger partial charge in [0.15, 0.2) is 0 Å². The van der Waals surface area contributed by atoms with E-state index in [1.807, 2.05) is 11.5 Å². The highest BCUT2D eigenvalue weighted by atomic mass is 32.1. The third kappa shape index (κ3) is 2.19. The molecule has 0 bridgehead atoms. The van der Waals surface area contributed by atoms with Crippen LogP contribution < -0.4 is 10.6 Å². The molecule has 1 aromatic heterocycles. The number of hydrogen-bond donors (Lipinski definition) is 1. The lowest BCUT2D eigenvalue weighted by Crippen LogP contribution is -2.17. The van der Waals surface area contributed by atoms with Crippen molar-refractivity contribution in [3.63, 3.8) is 0 Å². The second-order valence-corrected chi connectivity index (χ2v) is 4.63. The Morgan fingerprint density at radius 2 is 2.15 bits per heavy atom. The van der Waals surface area contributed by atoms with E-state index in [0.717, 1.165) is 17.1 Å². The molecule has 4 heteroatoms. The number of nitrogens with zero attached hydrogens (tertiary/aromatic N) is 1. The third-order valence-corrected chi connectivity index (χ3v) is 3.08. The van der Waals surface area contributed by atoms with Crippen molar-refractivity contribution in [1.29, 1.82) is 0 Å². The summed E-state index contributed by atoms with van der Waals surface area (Å²) < 4.78 is 1.82. The summed E-state index contributed by atoms with van der Waals surface area (Å²) in [6.45, 7) is 7.43. The minimum absolute atomic E-state index is 0.117. The van der Waals surface area contributed by atoms with Gasteiger partial charge in [-0.2, -0.15) is 0 Å². The molecule has 0 radical (unpaired) electrons. The standard InChI is InChI=1S/C9H16N2OS/c1-6(2)5-11-7(3)8(4-10)13-9(11)12/h6H,4-5,10H2,1-3H3. The monoisotopic (exact) mass is 200 g/mol. The topological polar surface area (TPSA) is 48.0 Å². The van der Waals surface area contributed by atoms with Crippen molar-refractivity contribution < 1.29 is 0 Å². The average molecular weight is 200 g/mol. The molecule has 74 valence electrons. The summed E-state index contributed by atoms with van der Waals surface area (Å²) in [6, 6.07) is 0. The van der Waals surface area contributed by atoms with E-state index in [1.54, 1.807) is 0 Å². The van der Waals surface area contributed by atoms with Gasteiger partial charge in [0.2, 0.25) is 0 Å². The minimum Gasteiger partial charge on any atom is -0.326 e. The third-order valence-electron chi connectivity index (χ3n) is 1.97. The maximum atomic E-state index is 11.5. The number of hydrogen-bond acceptors (Lipinski definition) is 3. The van der Waals surface area contributed by atoms with Crippen LogP contribution in [0.5, 0.6) is 0 Å². The maximum absolute atomic E-state index is 11.5. The van der Waals surface area contributed by atoms with Gasteiger partial charge in [-0.1, -0.05) is 25.2 Å². The fourth-order valence-electron chi connectivity index (χ4n) is 1.29. The lowest BCUT2D eigenvalue weighted by Gasteiger charge is -2.07. The second-order valence-electron chi connectivity index (χ2n) is 3.59. The van der Waals surface area contributed by atoms with E-state index in [9.17, 15) is 4.79 Å². The molecule has 0 saturated carbocycles. The molecule has 0 amide bonds. The van der Waals surface area contributed by atoms with E-state index in [0.29, 0.717) is 12.5 Å². The van der Waals surface area contributed by atoms with E-state index in [2.05, 4.69) is 13.8 Å². The first kappa shape index (κ1) is 10.5. The summed E-state index contributed by atoms with van der Waals surface area (Å²) in [7, 11) is 0. The lowest BCUT2D eigenvalue weighted by molar-refractivity contribution is 0.508. The SMILES string of the molecule is Cc1c(CN)sc(=O)n1CC(C)C. The highest BCUT2D eigenvalue weighted by Gasteiger charge is 2.09. The number of rotatable bonds is 3. The van der Waals surface area contributed by atoms with Crippen LogP contribution in [0.4, 0.5) is 0 Å². The maximum Gasteiger partial charge on any atom is 0.307 e. The molecule has 0 aliphatic carbocycles. The van der Waals surface area contributed by atoms with Crippen molar-refractivity contribution in [3.8, 4) is 0 Å². The van der Waals surface area contributed by atoms with Crippen LogP contribution in [0.25, 0.3) is 0 Å². The van der Waals surface area contributed by atoms with Crippen LogP contribution in [0.2, 0.25) is 0 Å². The van der Waals surface area contributed by atoms with Crippen LogP contribution >= 0.6 is 11.3 Å². The minimum atomic E-state index is 0.117. The van der Waals surface area contributed by atoms with E-state index in [1.165, 1.54) is 11.3 Å². The van der Waals surface area contributed by atoms with Gasteiger partial charge in [-0.15, -0.1) is 0 Å². The number of thiazole rings is 1. The Morgan fingerprint density at radius 3 is 2.54 bits per heavy atom. The summed E-state index contributed by atoms with van der Waals surface area (Å²) in [5.41, 5.74) is 6.56. The number of nitrogens with two attached hydrogens (primary N) is 1. The lowest BCUT2D eigenvalue weighted by atomic mass is 10.2. The molecule has 0 saturated heterocycles. The van der Waals surface area contributed by atoms with Gasteiger partial charge in [0.1, 0.15) is 0 Å². The molecule has 0 unspecified atom stereocenters. The first-order valence-electron chi connectivity index (χ1n) is 4.45. The molecule has 0 atom stereocenters. The molecule has 1 rings (SSSR count). The molecular formula is C9H16N2OS. The number of aromatic nitrogens is 1. The van der Waals surface area contributed by atoms with Crippen molar-refractivity contribution in [2.24, 2.45) is 11.7 Å². The Balaban J connectivity index is 3.06. The van der Waals surface area contributed by atoms with Gasteiger partial charge in [-0.25, -0.2) is 0 Å². The summed E-state index contributed by atoms with van der Waals surface area (Å²) >= 11 is 1.27. The summed E-state index contributed by atoms with van der Waals surface area (Å²) in [5.74, 6) is 0.497.